The number of carbonyl (C=O) groups excluding carboxylic acids is 1. The van der Waals surface area contributed by atoms with Gasteiger partial charge in [0.05, 0.1) is 22.9 Å². The topological polar surface area (TPSA) is 98.2 Å². The lowest BCUT2D eigenvalue weighted by atomic mass is 9.93. The largest absolute Gasteiger partial charge is 0.455 e. The fourth-order valence-corrected chi connectivity index (χ4v) is 5.07. The molecule has 1 amide bonds. The first kappa shape index (κ1) is 34.0. The number of halogens is 8. The molecular formula is C28H28ClF7N6O3. The summed E-state index contributed by atoms with van der Waals surface area (Å²) in [5, 5.41) is 17.2. The predicted octanol–water partition coefficient (Wildman–Crippen LogP) is 6.54. The third kappa shape index (κ3) is 6.19. The molecule has 2 heterocycles. The summed E-state index contributed by atoms with van der Waals surface area (Å²) in [6, 6.07) is 6.55. The van der Waals surface area contributed by atoms with E-state index >= 15 is 4.39 Å². The summed E-state index contributed by atoms with van der Waals surface area (Å²) in [6.07, 6.45) is -4.68. The molecule has 1 saturated carbocycles. The van der Waals surface area contributed by atoms with Gasteiger partial charge in [-0.2, -0.15) is 28.6 Å². The van der Waals surface area contributed by atoms with Gasteiger partial charge in [-0.25, -0.2) is 26.9 Å². The van der Waals surface area contributed by atoms with Crippen molar-refractivity contribution < 1.29 is 45.0 Å². The van der Waals surface area contributed by atoms with E-state index in [0.717, 1.165) is 18.7 Å². The third-order valence-electron chi connectivity index (χ3n) is 7.33. The Balaban J connectivity index is 1.78. The average molecular weight is 665 g/mol. The second kappa shape index (κ2) is 12.2. The summed E-state index contributed by atoms with van der Waals surface area (Å²) in [6.45, 7) is 1.06. The summed E-state index contributed by atoms with van der Waals surface area (Å²) in [5.74, 6) is -7.39. The molecule has 1 aliphatic carbocycles. The molecule has 1 fully saturated rings. The minimum Gasteiger partial charge on any atom is -0.455 e. The highest BCUT2D eigenvalue weighted by Crippen LogP contribution is 2.55. The number of carbonyl (C=O) groups is 1. The van der Waals surface area contributed by atoms with Gasteiger partial charge in [-0.05, 0) is 37.0 Å². The van der Waals surface area contributed by atoms with Crippen molar-refractivity contribution in [1.29, 1.82) is 5.26 Å². The van der Waals surface area contributed by atoms with Crippen LogP contribution in [0.5, 0.6) is 5.75 Å². The highest BCUT2D eigenvalue weighted by atomic mass is 35.5. The van der Waals surface area contributed by atoms with Crippen LogP contribution in [0.25, 0.3) is 16.9 Å². The standard InChI is InChI=1S/C28H28ClF7N6O3/c1-16(30)45-21-22(27(33,25(2,31)32)28(34,35)36)39-40(3)23(21)42-14-18(13-38-42)17-6-7-20(29)19(12-17)24(43)41(10-5-11-44-4)26(15-37)8-9-26/h6-7,12-14,16H,5,8-11H2,1-4H3. The van der Waals surface area contributed by atoms with Gasteiger partial charge in [0.25, 0.3) is 11.8 Å². The van der Waals surface area contributed by atoms with E-state index in [1.165, 1.54) is 42.6 Å². The molecule has 0 bridgehead atoms. The normalized spacial score (nSPS) is 16.5. The first-order valence-corrected chi connectivity index (χ1v) is 13.9. The molecular weight excluding hydrogens is 637 g/mol. The lowest BCUT2D eigenvalue weighted by Crippen LogP contribution is -2.51. The van der Waals surface area contributed by atoms with Crippen molar-refractivity contribution in [2.45, 2.75) is 62.8 Å². The van der Waals surface area contributed by atoms with E-state index in [2.05, 4.69) is 16.3 Å². The van der Waals surface area contributed by atoms with Crippen LogP contribution < -0.4 is 4.74 Å². The van der Waals surface area contributed by atoms with Crippen LogP contribution in [0.1, 0.15) is 49.2 Å². The Hall–Kier alpha value is -3.84. The maximum absolute atomic E-state index is 15.4. The number of ether oxygens (including phenoxy) is 2. The van der Waals surface area contributed by atoms with Crippen LogP contribution in [0.15, 0.2) is 30.6 Å². The van der Waals surface area contributed by atoms with Gasteiger partial charge in [0, 0.05) is 52.9 Å². The SMILES string of the molecule is COCCCN(C(=O)c1cc(-c2cnn(-c3c(OC(C)F)c(C(F)(C(C)(F)F)C(F)(F)F)nn3C)c2)ccc1Cl)C1(C#N)CC1. The number of nitriles is 1. The summed E-state index contributed by atoms with van der Waals surface area (Å²) in [5.41, 5.74) is -7.57. The molecule has 1 aromatic carbocycles. The summed E-state index contributed by atoms with van der Waals surface area (Å²) < 4.78 is 111. The number of hydrogen-bond acceptors (Lipinski definition) is 6. The second-order valence-electron chi connectivity index (χ2n) is 10.6. The van der Waals surface area contributed by atoms with Crippen molar-refractivity contribution in [2.24, 2.45) is 7.05 Å². The molecule has 0 saturated heterocycles. The zero-order chi connectivity index (χ0) is 33.5. The molecule has 0 aliphatic heterocycles. The van der Waals surface area contributed by atoms with Gasteiger partial charge >= 0.3 is 11.8 Å². The summed E-state index contributed by atoms with van der Waals surface area (Å²) in [4.78, 5) is 15.1. The van der Waals surface area contributed by atoms with Crippen molar-refractivity contribution in [2.75, 3.05) is 20.3 Å². The van der Waals surface area contributed by atoms with Crippen LogP contribution in [0.4, 0.5) is 30.7 Å². The Kier molecular flexibility index (Phi) is 9.20. The maximum atomic E-state index is 15.4. The highest BCUT2D eigenvalue weighted by Gasteiger charge is 2.73. The number of rotatable bonds is 12. The van der Waals surface area contributed by atoms with Gasteiger partial charge in [-0.1, -0.05) is 17.7 Å². The van der Waals surface area contributed by atoms with Crippen LogP contribution >= 0.6 is 11.6 Å². The van der Waals surface area contributed by atoms with E-state index < -0.39 is 52.8 Å². The molecule has 2 unspecified atom stereocenters. The monoisotopic (exact) mass is 664 g/mol. The molecule has 9 nitrogen and oxygen atoms in total. The van der Waals surface area contributed by atoms with Crippen LogP contribution in [-0.2, 0) is 17.5 Å². The van der Waals surface area contributed by atoms with Crippen LogP contribution in [0.2, 0.25) is 5.02 Å². The first-order valence-electron chi connectivity index (χ1n) is 13.5. The van der Waals surface area contributed by atoms with Crippen molar-refractivity contribution in [3.05, 3.63) is 46.9 Å². The van der Waals surface area contributed by atoms with Crippen LogP contribution in [0, 0.1) is 11.3 Å². The van der Waals surface area contributed by atoms with Gasteiger partial charge in [-0.3, -0.25) is 4.79 Å². The van der Waals surface area contributed by atoms with E-state index in [1.54, 1.807) is 0 Å². The van der Waals surface area contributed by atoms with Crippen molar-refractivity contribution in [1.82, 2.24) is 24.5 Å². The number of alkyl halides is 7. The molecule has 17 heteroatoms. The number of aryl methyl sites for hydroxylation is 1. The number of methoxy groups -OCH3 is 1. The Morgan fingerprint density at radius 1 is 1.22 bits per heavy atom. The zero-order valence-corrected chi connectivity index (χ0v) is 25.2. The molecule has 3 aromatic rings. The lowest BCUT2D eigenvalue weighted by molar-refractivity contribution is -0.306. The molecule has 2 atom stereocenters. The number of amides is 1. The van der Waals surface area contributed by atoms with E-state index in [1.807, 2.05) is 0 Å². The number of benzene rings is 1. The Morgan fingerprint density at radius 3 is 2.42 bits per heavy atom. The molecule has 1 aliphatic rings. The van der Waals surface area contributed by atoms with Gasteiger partial charge in [-0.15, -0.1) is 0 Å². The molecule has 0 spiro atoms. The van der Waals surface area contributed by atoms with Crippen molar-refractivity contribution in [3.63, 3.8) is 0 Å². The Bertz CT molecular complexity index is 1590. The Morgan fingerprint density at radius 2 is 1.89 bits per heavy atom. The molecule has 244 valence electrons. The number of hydrogen-bond donors (Lipinski definition) is 0. The van der Waals surface area contributed by atoms with E-state index in [-0.39, 0.29) is 29.6 Å². The second-order valence-corrected chi connectivity index (χ2v) is 11.1. The quantitative estimate of drug-likeness (QED) is 0.161. The first-order chi connectivity index (χ1) is 20.9. The third-order valence-corrected chi connectivity index (χ3v) is 7.66. The van der Waals surface area contributed by atoms with Gasteiger partial charge < -0.3 is 14.4 Å². The van der Waals surface area contributed by atoms with E-state index in [9.17, 15) is 36.4 Å². The van der Waals surface area contributed by atoms with Crippen LogP contribution in [-0.4, -0.2) is 74.6 Å². The molecule has 2 aromatic heterocycles. The number of aromatic nitrogens is 4. The van der Waals surface area contributed by atoms with Gasteiger partial charge in [0.1, 0.15) is 5.54 Å². The zero-order valence-electron chi connectivity index (χ0n) is 24.4. The summed E-state index contributed by atoms with van der Waals surface area (Å²) >= 11 is 6.38. The fourth-order valence-electron chi connectivity index (χ4n) is 4.87. The molecule has 0 radical (unpaired) electrons. The average Bonchev–Trinajstić information content (AvgIpc) is 3.47. The molecule has 45 heavy (non-hydrogen) atoms. The summed E-state index contributed by atoms with van der Waals surface area (Å²) in [7, 11) is 2.52. The predicted molar refractivity (Wildman–Crippen MR) is 147 cm³/mol. The van der Waals surface area contributed by atoms with Gasteiger partial charge in [0.15, 0.2) is 17.3 Å². The minimum atomic E-state index is -6.17. The van der Waals surface area contributed by atoms with E-state index in [4.69, 9.17) is 21.1 Å². The van der Waals surface area contributed by atoms with Gasteiger partial charge in [0.2, 0.25) is 6.36 Å². The maximum Gasteiger partial charge on any atom is 0.434 e. The van der Waals surface area contributed by atoms with E-state index in [0.29, 0.717) is 36.1 Å². The number of nitrogens with zero attached hydrogens (tertiary/aromatic N) is 6. The lowest BCUT2D eigenvalue weighted by Gasteiger charge is -2.31. The minimum absolute atomic E-state index is 0.0523. The van der Waals surface area contributed by atoms with Crippen molar-refractivity contribution >= 4 is 17.5 Å². The van der Waals surface area contributed by atoms with Crippen LogP contribution in [0.3, 0.4) is 0 Å². The molecule has 4 rings (SSSR count). The fraction of sp³-hybridized carbons (Fsp3) is 0.500. The molecule has 0 N–H and O–H groups in total. The smallest absolute Gasteiger partial charge is 0.434 e. The van der Waals surface area contributed by atoms with Crippen molar-refractivity contribution in [3.8, 4) is 28.8 Å². The highest BCUT2D eigenvalue weighted by molar-refractivity contribution is 6.34. The Labute approximate surface area is 258 Å².